The van der Waals surface area contributed by atoms with E-state index in [0.29, 0.717) is 11.6 Å². The Labute approximate surface area is 228 Å². The molecule has 0 aliphatic carbocycles. The summed E-state index contributed by atoms with van der Waals surface area (Å²) in [6.45, 7) is 0. The minimum atomic E-state index is -5.41. The first-order valence-corrected chi connectivity index (χ1v) is 10.7. The van der Waals surface area contributed by atoms with Crippen LogP contribution < -0.4 is 59.1 Å². The molecule has 2 aromatic carbocycles. The molecule has 0 saturated carbocycles. The Bertz CT molecular complexity index is 1270. The molecule has 0 atom stereocenters. The van der Waals surface area contributed by atoms with Crippen LogP contribution in [-0.2, 0) is 20.2 Å². The van der Waals surface area contributed by atoms with Crippen molar-refractivity contribution in [3.63, 3.8) is 0 Å². The molecule has 0 aromatic heterocycles. The fraction of sp³-hybridized carbons (Fsp3) is 0. The third kappa shape index (κ3) is 7.33. The molecule has 0 heterocycles. The molecule has 14 heteroatoms. The predicted molar refractivity (Wildman–Crippen MR) is 106 cm³/mol. The van der Waals surface area contributed by atoms with E-state index in [-0.39, 0.29) is 70.5 Å². The molecule has 0 radical (unpaired) electrons. The molecular formula is C16H8N2Na2O6S4. The zero-order valence-electron chi connectivity index (χ0n) is 15.6. The molecule has 144 valence electrons. The molecule has 2 aromatic rings. The number of nitrogens with zero attached hydrogens (tertiary/aromatic N) is 2. The van der Waals surface area contributed by atoms with E-state index in [9.17, 15) is 25.9 Å². The summed E-state index contributed by atoms with van der Waals surface area (Å²) >= 11 is 9.19. The van der Waals surface area contributed by atoms with Gasteiger partial charge in [0, 0.05) is 11.1 Å². The van der Waals surface area contributed by atoms with Crippen LogP contribution in [0.4, 0.5) is 0 Å². The maximum absolute atomic E-state index is 11.8. The van der Waals surface area contributed by atoms with E-state index in [0.717, 1.165) is 12.1 Å². The van der Waals surface area contributed by atoms with Crippen LogP contribution in [0.5, 0.6) is 0 Å². The van der Waals surface area contributed by atoms with Gasteiger partial charge in [-0.2, -0.15) is 9.98 Å². The van der Waals surface area contributed by atoms with Crippen LogP contribution in [0.1, 0.15) is 11.1 Å². The summed E-state index contributed by atoms with van der Waals surface area (Å²) in [7, 11) is -10.7. The summed E-state index contributed by atoms with van der Waals surface area (Å²) in [5, 5.41) is 4.12. The number of isothiocyanates is 2. The summed E-state index contributed by atoms with van der Waals surface area (Å²) < 4.78 is 69.9. The van der Waals surface area contributed by atoms with E-state index in [1.807, 2.05) is 5.16 Å². The van der Waals surface area contributed by atoms with Gasteiger partial charge in [-0.25, -0.2) is 16.8 Å². The van der Waals surface area contributed by atoms with Gasteiger partial charge in [-0.1, -0.05) is 42.5 Å². The van der Waals surface area contributed by atoms with Gasteiger partial charge in [0.15, 0.2) is 0 Å². The van der Waals surface area contributed by atoms with Gasteiger partial charge < -0.3 is 9.11 Å². The second kappa shape index (κ2) is 12.6. The first-order chi connectivity index (χ1) is 13.1. The van der Waals surface area contributed by atoms with Gasteiger partial charge in [0.2, 0.25) is 0 Å². The first kappa shape index (κ1) is 29.6. The van der Waals surface area contributed by atoms with E-state index in [1.165, 1.54) is 0 Å². The second-order valence-electron chi connectivity index (χ2n) is 5.01. The Morgan fingerprint density at radius 2 is 1.30 bits per heavy atom. The molecule has 0 amide bonds. The molecule has 0 N–H and O–H groups in total. The molecule has 0 fully saturated rings. The Morgan fingerprint density at radius 1 is 0.767 bits per heavy atom. The van der Waals surface area contributed by atoms with Crippen molar-refractivity contribution in [3.8, 4) is 0 Å². The van der Waals surface area contributed by atoms with Crippen LogP contribution in [0.2, 0.25) is 0 Å². The van der Waals surface area contributed by atoms with Crippen LogP contribution in [-0.4, -0.2) is 36.3 Å². The van der Waals surface area contributed by atoms with Gasteiger partial charge in [-0.3, -0.25) is 0 Å². The molecule has 0 aliphatic heterocycles. The molecule has 8 nitrogen and oxygen atoms in total. The maximum atomic E-state index is 11.8. The number of rotatable bonds is 6. The van der Waals surface area contributed by atoms with Crippen molar-refractivity contribution in [3.05, 3.63) is 59.7 Å². The first-order valence-electron chi connectivity index (χ1n) is 7.12. The van der Waals surface area contributed by atoms with E-state index in [1.54, 1.807) is 30.3 Å². The number of hydrogen-bond donors (Lipinski definition) is 0. The van der Waals surface area contributed by atoms with Gasteiger partial charge in [-0.05, 0) is 30.5 Å². The van der Waals surface area contributed by atoms with Crippen molar-refractivity contribution in [1.82, 2.24) is 0 Å². The Morgan fingerprint density at radius 3 is 1.77 bits per heavy atom. The Hall–Kier alpha value is -0.400. The van der Waals surface area contributed by atoms with Crippen LogP contribution in [0.3, 0.4) is 0 Å². The summed E-state index contributed by atoms with van der Waals surface area (Å²) in [6, 6.07) is 11.0. The molecule has 30 heavy (non-hydrogen) atoms. The fourth-order valence-electron chi connectivity index (χ4n) is 2.34. The number of thiocarbonyl (C=S) groups is 2. The summed E-state index contributed by atoms with van der Waals surface area (Å²) in [5.74, 6) is 0. The quantitative estimate of drug-likeness (QED) is 0.132. The third-order valence-electron chi connectivity index (χ3n) is 3.34. The van der Waals surface area contributed by atoms with Crippen LogP contribution >= 0.6 is 24.4 Å². The minimum Gasteiger partial charge on any atom is -0.744 e. The van der Waals surface area contributed by atoms with Crippen molar-refractivity contribution < 1.29 is 85.1 Å². The topological polar surface area (TPSA) is 139 Å². The van der Waals surface area contributed by atoms with Crippen LogP contribution in [0, 0.1) is 0 Å². The normalized spacial score (nSPS) is 11.5. The zero-order chi connectivity index (χ0) is 20.9. The average molecular weight is 498 g/mol. The average Bonchev–Trinajstić information content (AvgIpc) is 2.63. The molecule has 0 unspecified atom stereocenters. The second-order valence-corrected chi connectivity index (χ2v) is 8.04. The molecule has 2 rings (SSSR count). The van der Waals surface area contributed by atoms with Gasteiger partial charge in [0.1, 0.15) is 31.6 Å². The Balaban J connectivity index is 0.00000420. The zero-order valence-corrected chi connectivity index (χ0v) is 22.9. The Kier molecular flexibility index (Phi) is 12.4. The van der Waals surface area contributed by atoms with Crippen molar-refractivity contribution in [2.45, 2.75) is 9.79 Å². The van der Waals surface area contributed by atoms with Crippen molar-refractivity contribution in [2.24, 2.45) is 9.98 Å². The van der Waals surface area contributed by atoms with Crippen molar-refractivity contribution in [1.29, 1.82) is 0 Å². The van der Waals surface area contributed by atoms with E-state index >= 15 is 0 Å². The molecule has 0 saturated heterocycles. The third-order valence-corrected chi connectivity index (χ3v) is 5.47. The monoisotopic (exact) mass is 498 g/mol. The van der Waals surface area contributed by atoms with E-state index in [4.69, 9.17) is 0 Å². The van der Waals surface area contributed by atoms with E-state index < -0.39 is 35.6 Å². The van der Waals surface area contributed by atoms with Gasteiger partial charge >= 0.3 is 59.1 Å². The molecule has 0 bridgehead atoms. The SMILES string of the molecule is O=S(=O)([O-])c1cccc(C(N=C=S)=C(N=C=S)c2ccccc2)c1S(=O)(=O)[O-].[Na+].[Na+]. The summed E-state index contributed by atoms with van der Waals surface area (Å²) in [4.78, 5) is 5.12. The van der Waals surface area contributed by atoms with Crippen molar-refractivity contribution in [2.75, 3.05) is 0 Å². The number of aliphatic imine (C=N–C) groups is 2. The molecule has 0 aliphatic rings. The summed E-state index contributed by atoms with van der Waals surface area (Å²) in [5.41, 5.74) is -0.484. The van der Waals surface area contributed by atoms with Gasteiger partial charge in [0.25, 0.3) is 0 Å². The number of hydrogen-bond acceptors (Lipinski definition) is 10. The van der Waals surface area contributed by atoms with Gasteiger partial charge in [-0.15, -0.1) is 0 Å². The smallest absolute Gasteiger partial charge is 0.744 e. The standard InChI is InChI=1S/C16H10N2O6S4.2Na/c19-27(20,21)13-8-4-7-12(16(13)28(22,23)24)15(18-10-26)14(17-9-25)11-5-2-1-3-6-11;;/h1-8H,(H,19,20,21)(H,22,23,24);;/q;2*+1/p-2. The molecular weight excluding hydrogens is 490 g/mol. The van der Waals surface area contributed by atoms with Crippen LogP contribution in [0.25, 0.3) is 11.4 Å². The fourth-order valence-corrected chi connectivity index (χ4v) is 4.47. The minimum absolute atomic E-state index is 0. The summed E-state index contributed by atoms with van der Waals surface area (Å²) in [6.07, 6.45) is 0. The maximum Gasteiger partial charge on any atom is 1.00 e. The van der Waals surface area contributed by atoms with Gasteiger partial charge in [0.05, 0.1) is 20.1 Å². The largest absolute Gasteiger partial charge is 1.00 e. The van der Waals surface area contributed by atoms with Crippen LogP contribution in [0.15, 0.2) is 68.3 Å². The van der Waals surface area contributed by atoms with Crippen molar-refractivity contribution >= 4 is 66.4 Å². The van der Waals surface area contributed by atoms with E-state index in [2.05, 4.69) is 39.6 Å². The molecule has 0 spiro atoms. The predicted octanol–water partition coefficient (Wildman–Crippen LogP) is -3.47. The number of benzene rings is 2.